The maximum absolute atomic E-state index is 6.35. The summed E-state index contributed by atoms with van der Waals surface area (Å²) in [6, 6.07) is 50.8. The van der Waals surface area contributed by atoms with Crippen LogP contribution in [0.5, 0.6) is 0 Å². The number of para-hydroxylation sites is 2. The molecule has 0 atom stereocenters. The van der Waals surface area contributed by atoms with Gasteiger partial charge in [0.15, 0.2) is 5.82 Å². The van der Waals surface area contributed by atoms with E-state index in [1.165, 1.54) is 10.1 Å². The van der Waals surface area contributed by atoms with Crippen molar-refractivity contribution in [3.8, 4) is 44.9 Å². The van der Waals surface area contributed by atoms with E-state index in [1.807, 2.05) is 18.2 Å². The fourth-order valence-corrected chi connectivity index (χ4v) is 7.31. The highest BCUT2D eigenvalue weighted by Gasteiger charge is 2.17. The zero-order valence-corrected chi connectivity index (χ0v) is 24.4. The monoisotopic (exact) mass is 580 g/mol. The van der Waals surface area contributed by atoms with E-state index in [4.69, 9.17) is 14.4 Å². The third-order valence-corrected chi connectivity index (χ3v) is 9.38. The zero-order chi connectivity index (χ0) is 29.0. The van der Waals surface area contributed by atoms with Gasteiger partial charge in [-0.15, -0.1) is 11.3 Å². The second-order valence-electron chi connectivity index (χ2n) is 11.0. The summed E-state index contributed by atoms with van der Waals surface area (Å²) in [6.45, 7) is 0. The molecule has 0 bridgehead atoms. The Kier molecular flexibility index (Phi) is 5.68. The topological polar surface area (TPSA) is 38.9 Å². The second-order valence-corrected chi connectivity index (χ2v) is 12.0. The van der Waals surface area contributed by atoms with Crippen LogP contribution >= 0.6 is 11.3 Å². The van der Waals surface area contributed by atoms with Crippen LogP contribution in [0.1, 0.15) is 0 Å². The van der Waals surface area contributed by atoms with Crippen LogP contribution in [0.15, 0.2) is 150 Å². The summed E-state index contributed by atoms with van der Waals surface area (Å²) in [7, 11) is 0. The fourth-order valence-electron chi connectivity index (χ4n) is 6.24. The van der Waals surface area contributed by atoms with Crippen molar-refractivity contribution in [2.75, 3.05) is 0 Å². The average Bonchev–Trinajstić information content (AvgIpc) is 3.67. The predicted octanol–water partition coefficient (Wildman–Crippen LogP) is 11.4. The van der Waals surface area contributed by atoms with Crippen molar-refractivity contribution in [3.05, 3.63) is 146 Å². The Balaban J connectivity index is 1.18. The molecule has 0 amide bonds. The van der Waals surface area contributed by atoms with Gasteiger partial charge in [-0.05, 0) is 41.0 Å². The number of rotatable bonds is 4. The number of fused-ring (bicyclic) bond motifs is 6. The van der Waals surface area contributed by atoms with Gasteiger partial charge in [0.2, 0.25) is 0 Å². The molecule has 44 heavy (non-hydrogen) atoms. The fraction of sp³-hybridized carbons (Fsp3) is 0. The molecule has 0 saturated carbocycles. The molecule has 3 aromatic heterocycles. The van der Waals surface area contributed by atoms with Gasteiger partial charge in [0.1, 0.15) is 16.0 Å². The molecule has 206 valence electrons. The maximum Gasteiger partial charge on any atom is 0.161 e. The second kappa shape index (κ2) is 10.0. The lowest BCUT2D eigenvalue weighted by molar-refractivity contribution is 0.670. The van der Waals surface area contributed by atoms with Crippen molar-refractivity contribution in [3.63, 3.8) is 0 Å². The maximum atomic E-state index is 6.35. The molecule has 0 radical (unpaired) electrons. The van der Waals surface area contributed by atoms with Crippen LogP contribution < -0.4 is 0 Å². The minimum atomic E-state index is 0.730. The van der Waals surface area contributed by atoms with Crippen LogP contribution in [0.3, 0.4) is 0 Å². The molecule has 0 saturated heterocycles. The highest BCUT2D eigenvalue weighted by Crippen LogP contribution is 2.40. The quantitative estimate of drug-likeness (QED) is 0.208. The molecule has 0 spiro atoms. The van der Waals surface area contributed by atoms with E-state index in [9.17, 15) is 0 Å². The Morgan fingerprint density at radius 3 is 1.98 bits per heavy atom. The molecule has 3 heterocycles. The predicted molar refractivity (Wildman–Crippen MR) is 184 cm³/mol. The summed E-state index contributed by atoms with van der Waals surface area (Å²) in [5.41, 5.74) is 9.31. The van der Waals surface area contributed by atoms with Crippen molar-refractivity contribution in [2.24, 2.45) is 0 Å². The van der Waals surface area contributed by atoms with Gasteiger partial charge >= 0.3 is 0 Å². The lowest BCUT2D eigenvalue weighted by Crippen LogP contribution is -1.94. The smallest absolute Gasteiger partial charge is 0.161 e. The molecule has 9 aromatic rings. The zero-order valence-electron chi connectivity index (χ0n) is 23.6. The number of hydrogen-bond acceptors (Lipinski definition) is 4. The number of benzene rings is 6. The molecule has 9 rings (SSSR count). The Morgan fingerprint density at radius 2 is 1.11 bits per heavy atom. The van der Waals surface area contributed by atoms with Gasteiger partial charge in [0, 0.05) is 42.9 Å². The number of nitrogens with zero attached hydrogens (tertiary/aromatic N) is 2. The molecule has 6 aromatic carbocycles. The first-order chi connectivity index (χ1) is 21.8. The van der Waals surface area contributed by atoms with Crippen molar-refractivity contribution >= 4 is 53.6 Å². The molecule has 0 aliphatic rings. The molecular weight excluding hydrogens is 557 g/mol. The van der Waals surface area contributed by atoms with Crippen LogP contribution in [0.2, 0.25) is 0 Å². The molecule has 3 nitrogen and oxygen atoms in total. The van der Waals surface area contributed by atoms with Crippen LogP contribution in [0, 0.1) is 0 Å². The Morgan fingerprint density at radius 1 is 0.477 bits per heavy atom. The third-order valence-electron chi connectivity index (χ3n) is 8.32. The molecule has 0 N–H and O–H groups in total. The summed E-state index contributed by atoms with van der Waals surface area (Å²) in [5, 5.41) is 4.58. The Labute approximate surface area is 257 Å². The van der Waals surface area contributed by atoms with E-state index < -0.39 is 0 Å². The van der Waals surface area contributed by atoms with Gasteiger partial charge in [0.25, 0.3) is 0 Å². The van der Waals surface area contributed by atoms with Crippen LogP contribution in [0.4, 0.5) is 0 Å². The van der Waals surface area contributed by atoms with Gasteiger partial charge in [-0.3, -0.25) is 0 Å². The van der Waals surface area contributed by atoms with Gasteiger partial charge < -0.3 is 4.42 Å². The van der Waals surface area contributed by atoms with E-state index in [0.29, 0.717) is 0 Å². The Hall–Kier alpha value is -5.58. The van der Waals surface area contributed by atoms with E-state index in [1.54, 1.807) is 11.3 Å². The van der Waals surface area contributed by atoms with Crippen LogP contribution in [-0.4, -0.2) is 9.97 Å². The standard InChI is InChI=1S/C40H24N2OS/c1-2-11-25(12-3-1)37-36-33-18-5-7-22-35(33)44-40(36)42-39(41-37)29-16-9-14-27(24-29)26-13-8-15-28(23-26)30-19-10-20-32-31-17-4-6-21-34(31)43-38(30)32/h1-24H. The number of hydrogen-bond donors (Lipinski definition) is 0. The lowest BCUT2D eigenvalue weighted by atomic mass is 9.96. The number of aromatic nitrogens is 2. The molecule has 0 aliphatic heterocycles. The summed E-state index contributed by atoms with van der Waals surface area (Å²) in [4.78, 5) is 11.3. The highest BCUT2D eigenvalue weighted by molar-refractivity contribution is 7.25. The minimum absolute atomic E-state index is 0.730. The first-order valence-corrected chi connectivity index (χ1v) is 15.5. The van der Waals surface area contributed by atoms with Gasteiger partial charge in [-0.1, -0.05) is 121 Å². The molecule has 0 unspecified atom stereocenters. The van der Waals surface area contributed by atoms with Crippen LogP contribution in [-0.2, 0) is 0 Å². The first kappa shape index (κ1) is 25.0. The summed E-state index contributed by atoms with van der Waals surface area (Å²) >= 11 is 1.72. The molecular formula is C40H24N2OS. The van der Waals surface area contributed by atoms with E-state index in [-0.39, 0.29) is 0 Å². The third kappa shape index (κ3) is 4.03. The molecule has 0 aliphatic carbocycles. The van der Waals surface area contributed by atoms with Gasteiger partial charge in [0.05, 0.1) is 5.69 Å². The Bertz CT molecular complexity index is 2510. The summed E-state index contributed by atoms with van der Waals surface area (Å²) in [5.74, 6) is 0.730. The van der Waals surface area contributed by atoms with Crippen molar-refractivity contribution in [2.45, 2.75) is 0 Å². The van der Waals surface area contributed by atoms with E-state index in [2.05, 4.69) is 127 Å². The van der Waals surface area contributed by atoms with Crippen molar-refractivity contribution in [1.82, 2.24) is 9.97 Å². The minimum Gasteiger partial charge on any atom is -0.455 e. The van der Waals surface area contributed by atoms with Gasteiger partial charge in [-0.25, -0.2) is 9.97 Å². The average molecular weight is 581 g/mol. The normalized spacial score (nSPS) is 11.6. The first-order valence-electron chi connectivity index (χ1n) is 14.7. The largest absolute Gasteiger partial charge is 0.455 e. The summed E-state index contributed by atoms with van der Waals surface area (Å²) < 4.78 is 7.57. The van der Waals surface area contributed by atoms with E-state index in [0.717, 1.165) is 77.1 Å². The molecule has 4 heteroatoms. The van der Waals surface area contributed by atoms with Crippen molar-refractivity contribution < 1.29 is 4.42 Å². The lowest BCUT2D eigenvalue weighted by Gasteiger charge is -2.10. The van der Waals surface area contributed by atoms with Crippen molar-refractivity contribution in [1.29, 1.82) is 0 Å². The van der Waals surface area contributed by atoms with Crippen LogP contribution in [0.25, 0.3) is 87.1 Å². The van der Waals surface area contributed by atoms with E-state index >= 15 is 0 Å². The summed E-state index contributed by atoms with van der Waals surface area (Å²) in [6.07, 6.45) is 0. The molecule has 0 fully saturated rings. The highest BCUT2D eigenvalue weighted by atomic mass is 32.1. The number of thiophene rings is 1. The SMILES string of the molecule is c1ccc(-c2nc(-c3cccc(-c4cccc(-c5cccc6c5oc5ccccc56)c4)c3)nc3sc4ccccc4c23)cc1. The number of furan rings is 1. The van der Waals surface area contributed by atoms with Gasteiger partial charge in [-0.2, -0.15) is 0 Å².